The fourth-order valence-corrected chi connectivity index (χ4v) is 4.77. The zero-order valence-electron chi connectivity index (χ0n) is 18.8. The summed E-state index contributed by atoms with van der Waals surface area (Å²) in [5, 5.41) is 3.99. The molecule has 4 aromatic rings. The van der Waals surface area contributed by atoms with Crippen LogP contribution in [0.5, 0.6) is 5.75 Å². The van der Waals surface area contributed by atoms with Gasteiger partial charge in [0.25, 0.3) is 5.91 Å². The van der Waals surface area contributed by atoms with Crippen molar-refractivity contribution >= 4 is 28.4 Å². The van der Waals surface area contributed by atoms with Gasteiger partial charge in [-0.05, 0) is 48.9 Å². The zero-order valence-corrected chi connectivity index (χ0v) is 18.8. The summed E-state index contributed by atoms with van der Waals surface area (Å²) in [6.45, 7) is 2.02. The number of methoxy groups -OCH3 is 1. The van der Waals surface area contributed by atoms with Crippen molar-refractivity contribution in [2.75, 3.05) is 19.0 Å². The van der Waals surface area contributed by atoms with E-state index in [0.717, 1.165) is 27.7 Å². The van der Waals surface area contributed by atoms with Gasteiger partial charge in [0.1, 0.15) is 12.3 Å². The molecular weight excluding hydrogens is 414 g/mol. The molecule has 1 atom stereocenters. The molecule has 1 aliphatic heterocycles. The molecule has 2 amide bonds. The molecule has 0 bridgehead atoms. The molecule has 0 saturated heterocycles. The number of benzene rings is 3. The Morgan fingerprint density at radius 3 is 2.45 bits per heavy atom. The summed E-state index contributed by atoms with van der Waals surface area (Å²) in [7, 11) is 3.63. The smallest absolute Gasteiger partial charge is 0.255 e. The van der Waals surface area contributed by atoms with Crippen LogP contribution >= 0.6 is 0 Å². The normalized spacial score (nSPS) is 15.1. The van der Waals surface area contributed by atoms with Gasteiger partial charge in [-0.25, -0.2) is 0 Å². The minimum absolute atomic E-state index is 0.0487. The van der Waals surface area contributed by atoms with Crippen molar-refractivity contribution in [1.82, 2.24) is 9.47 Å². The molecule has 3 aromatic carbocycles. The van der Waals surface area contributed by atoms with Crippen molar-refractivity contribution in [3.8, 4) is 5.75 Å². The number of hydrogen-bond acceptors (Lipinski definition) is 3. The molecular formula is C27H25N3O3. The van der Waals surface area contributed by atoms with Gasteiger partial charge in [-0.2, -0.15) is 0 Å². The predicted octanol–water partition coefficient (Wildman–Crippen LogP) is 4.68. The third kappa shape index (κ3) is 3.44. The first-order chi connectivity index (χ1) is 16.0. The molecule has 0 radical (unpaired) electrons. The second-order valence-corrected chi connectivity index (χ2v) is 8.27. The highest BCUT2D eigenvalue weighted by Gasteiger charge is 2.40. The Morgan fingerprint density at radius 2 is 1.70 bits per heavy atom. The third-order valence-corrected chi connectivity index (χ3v) is 6.47. The average Bonchev–Trinajstić information content (AvgIpc) is 3.25. The van der Waals surface area contributed by atoms with E-state index in [2.05, 4.69) is 28.9 Å². The Hall–Kier alpha value is -4.06. The lowest BCUT2D eigenvalue weighted by molar-refractivity contribution is -0.117. The molecule has 6 nitrogen and oxygen atoms in total. The second-order valence-electron chi connectivity index (χ2n) is 8.27. The summed E-state index contributed by atoms with van der Waals surface area (Å²) >= 11 is 0. The number of aromatic nitrogens is 1. The number of ether oxygens (including phenoxy) is 1. The van der Waals surface area contributed by atoms with Crippen LogP contribution in [0, 0.1) is 6.92 Å². The van der Waals surface area contributed by atoms with Gasteiger partial charge in [-0.3, -0.25) is 9.59 Å². The number of para-hydroxylation sites is 1. The number of hydrogen-bond donors (Lipinski definition) is 1. The van der Waals surface area contributed by atoms with Gasteiger partial charge in [-0.1, -0.05) is 36.4 Å². The summed E-state index contributed by atoms with van der Waals surface area (Å²) < 4.78 is 7.32. The van der Waals surface area contributed by atoms with E-state index >= 15 is 0 Å². The quantitative estimate of drug-likeness (QED) is 0.491. The number of fused-ring (bicyclic) bond motifs is 2. The molecule has 0 saturated carbocycles. The van der Waals surface area contributed by atoms with E-state index in [9.17, 15) is 9.59 Å². The van der Waals surface area contributed by atoms with E-state index in [1.54, 1.807) is 36.3 Å². The van der Waals surface area contributed by atoms with Gasteiger partial charge in [0, 0.05) is 40.5 Å². The molecule has 1 aliphatic rings. The number of carbonyl (C=O) groups excluding carboxylic acids is 2. The Balaban J connectivity index is 1.53. The molecule has 5 rings (SSSR count). The van der Waals surface area contributed by atoms with Gasteiger partial charge in [0.05, 0.1) is 13.2 Å². The summed E-state index contributed by atoms with van der Waals surface area (Å²) in [6.07, 6.45) is 0. The largest absolute Gasteiger partial charge is 0.497 e. The number of amides is 2. The van der Waals surface area contributed by atoms with E-state index in [-0.39, 0.29) is 24.4 Å². The first-order valence-corrected chi connectivity index (χ1v) is 10.9. The number of aryl methyl sites for hydroxylation is 1. The van der Waals surface area contributed by atoms with Crippen LogP contribution in [0.1, 0.15) is 33.2 Å². The van der Waals surface area contributed by atoms with Crippen LogP contribution in [0.2, 0.25) is 0 Å². The average molecular weight is 440 g/mol. The van der Waals surface area contributed by atoms with Crippen LogP contribution in [-0.4, -0.2) is 34.9 Å². The number of carbonyl (C=O) groups is 2. The first kappa shape index (κ1) is 20.8. The maximum absolute atomic E-state index is 13.4. The Kier molecular flexibility index (Phi) is 5.13. The predicted molar refractivity (Wildman–Crippen MR) is 129 cm³/mol. The highest BCUT2D eigenvalue weighted by atomic mass is 16.5. The van der Waals surface area contributed by atoms with Gasteiger partial charge in [0.15, 0.2) is 0 Å². The van der Waals surface area contributed by atoms with Crippen molar-refractivity contribution in [3.05, 3.63) is 95.2 Å². The molecule has 166 valence electrons. The first-order valence-electron chi connectivity index (χ1n) is 10.9. The maximum atomic E-state index is 13.4. The van der Waals surface area contributed by atoms with Crippen LogP contribution in [0.3, 0.4) is 0 Å². The van der Waals surface area contributed by atoms with Crippen molar-refractivity contribution in [2.24, 2.45) is 7.05 Å². The molecule has 2 heterocycles. The number of nitrogens with zero attached hydrogens (tertiary/aromatic N) is 2. The third-order valence-electron chi connectivity index (χ3n) is 6.47. The van der Waals surface area contributed by atoms with Crippen LogP contribution in [0.25, 0.3) is 10.9 Å². The molecule has 33 heavy (non-hydrogen) atoms. The minimum Gasteiger partial charge on any atom is -0.497 e. The van der Waals surface area contributed by atoms with Gasteiger partial charge >= 0.3 is 0 Å². The van der Waals surface area contributed by atoms with Gasteiger partial charge in [0.2, 0.25) is 5.91 Å². The maximum Gasteiger partial charge on any atom is 0.255 e. The fourth-order valence-electron chi connectivity index (χ4n) is 4.77. The summed E-state index contributed by atoms with van der Waals surface area (Å²) in [5.74, 6) is 0.335. The highest BCUT2D eigenvalue weighted by Crippen LogP contribution is 2.43. The van der Waals surface area contributed by atoms with E-state index in [0.29, 0.717) is 17.0 Å². The SMILES string of the molecule is COc1ccc(NC(=O)CN2C(=O)c3ccccc3C2c2c(C)n(C)c3ccccc23)cc1. The molecule has 6 heteroatoms. The second kappa shape index (κ2) is 8.13. The van der Waals surface area contributed by atoms with Crippen molar-refractivity contribution in [1.29, 1.82) is 0 Å². The fraction of sp³-hybridized carbons (Fsp3) is 0.185. The van der Waals surface area contributed by atoms with Crippen LogP contribution in [-0.2, 0) is 11.8 Å². The lowest BCUT2D eigenvalue weighted by atomic mass is 9.95. The van der Waals surface area contributed by atoms with Crippen molar-refractivity contribution in [2.45, 2.75) is 13.0 Å². The number of nitrogens with one attached hydrogen (secondary N) is 1. The molecule has 1 unspecified atom stereocenters. The standard InChI is InChI=1S/C27H25N3O3/c1-17-25(22-10-6-7-11-23(22)29(17)2)26-20-8-4-5-9-21(20)27(32)30(26)16-24(31)28-18-12-14-19(33-3)15-13-18/h4-15,26H,16H2,1-3H3,(H,28,31). The van der Waals surface area contributed by atoms with E-state index in [1.165, 1.54) is 0 Å². The molecule has 0 spiro atoms. The lowest BCUT2D eigenvalue weighted by Gasteiger charge is -2.26. The molecule has 0 fully saturated rings. The highest BCUT2D eigenvalue weighted by molar-refractivity contribution is 6.04. The topological polar surface area (TPSA) is 63.6 Å². The van der Waals surface area contributed by atoms with Crippen molar-refractivity contribution < 1.29 is 14.3 Å². The minimum atomic E-state index is -0.332. The Bertz CT molecular complexity index is 1370. The molecule has 1 aromatic heterocycles. The molecule has 1 N–H and O–H groups in total. The van der Waals surface area contributed by atoms with Gasteiger partial charge in [-0.15, -0.1) is 0 Å². The molecule has 0 aliphatic carbocycles. The lowest BCUT2D eigenvalue weighted by Crippen LogP contribution is -2.36. The summed E-state index contributed by atoms with van der Waals surface area (Å²) in [6, 6.07) is 22.6. The number of rotatable bonds is 5. The summed E-state index contributed by atoms with van der Waals surface area (Å²) in [5.41, 5.74) is 5.47. The van der Waals surface area contributed by atoms with Gasteiger partial charge < -0.3 is 19.5 Å². The van der Waals surface area contributed by atoms with Crippen LogP contribution in [0.15, 0.2) is 72.8 Å². The van der Waals surface area contributed by atoms with E-state index in [4.69, 9.17) is 4.74 Å². The van der Waals surface area contributed by atoms with Crippen LogP contribution in [0.4, 0.5) is 5.69 Å². The van der Waals surface area contributed by atoms with Crippen LogP contribution < -0.4 is 10.1 Å². The van der Waals surface area contributed by atoms with E-state index < -0.39 is 0 Å². The Morgan fingerprint density at radius 1 is 1.00 bits per heavy atom. The monoisotopic (exact) mass is 439 g/mol. The number of anilines is 1. The van der Waals surface area contributed by atoms with Crippen molar-refractivity contribution in [3.63, 3.8) is 0 Å². The zero-order chi connectivity index (χ0) is 23.1. The Labute approximate surface area is 192 Å². The summed E-state index contributed by atoms with van der Waals surface area (Å²) in [4.78, 5) is 28.1. The van der Waals surface area contributed by atoms with E-state index in [1.807, 2.05) is 43.4 Å².